The minimum atomic E-state index is 0.0235. The first kappa shape index (κ1) is 25.7. The first-order valence-corrected chi connectivity index (χ1v) is 14.5. The molecule has 198 valence electrons. The molecule has 0 aliphatic carbocycles. The van der Waals surface area contributed by atoms with Gasteiger partial charge >= 0.3 is 6.98 Å². The summed E-state index contributed by atoms with van der Waals surface area (Å²) >= 11 is 0. The summed E-state index contributed by atoms with van der Waals surface area (Å²) in [5, 5.41) is 0. The first-order valence-electron chi connectivity index (χ1n) is 14.5. The zero-order valence-corrected chi connectivity index (χ0v) is 24.6. The van der Waals surface area contributed by atoms with Crippen molar-refractivity contribution >= 4 is 35.3 Å². The second-order valence-corrected chi connectivity index (χ2v) is 12.7. The molecule has 0 radical (unpaired) electrons. The van der Waals surface area contributed by atoms with E-state index in [1.165, 1.54) is 56.2 Å². The third-order valence-corrected chi connectivity index (χ3v) is 8.70. The van der Waals surface area contributed by atoms with E-state index in [4.69, 9.17) is 0 Å². The van der Waals surface area contributed by atoms with Gasteiger partial charge in [0.1, 0.15) is 5.69 Å². The molecule has 6 rings (SSSR count). The number of fused-ring (bicyclic) bond motifs is 7. The van der Waals surface area contributed by atoms with E-state index in [9.17, 15) is 0 Å². The van der Waals surface area contributed by atoms with E-state index in [-0.39, 0.29) is 12.4 Å². The minimum Gasteiger partial charge on any atom is -0.336 e. The standard InChI is InChI=1S/C35H41BN3/c1-24(2)29-18-12-17-27-16-11-15-26-14-8-9-19-30(26)38-31-20-10-13-25(3)34(31)39(36(38)33(27)29)32-23-28(35(4,5)6)21-22-37(32)7/h8-10,12-14,17-24H,11,15-16H2,1-7H3/q+1. The van der Waals surface area contributed by atoms with Crippen molar-refractivity contribution in [1.29, 1.82) is 0 Å². The van der Waals surface area contributed by atoms with E-state index in [1.807, 2.05) is 0 Å². The third kappa shape index (κ3) is 4.25. The highest BCUT2D eigenvalue weighted by Crippen LogP contribution is 2.49. The fraction of sp³-hybridized carbons (Fsp3) is 0.343. The number of rotatable bonds is 2. The Morgan fingerprint density at radius 3 is 2.28 bits per heavy atom. The number of hydrogen-bond donors (Lipinski definition) is 0. The molecule has 0 fully saturated rings. The summed E-state index contributed by atoms with van der Waals surface area (Å²) in [4.78, 5) is 5.30. The van der Waals surface area contributed by atoms with Gasteiger partial charge in [0.15, 0.2) is 0 Å². The Morgan fingerprint density at radius 1 is 0.821 bits per heavy atom. The van der Waals surface area contributed by atoms with Crippen LogP contribution in [-0.2, 0) is 25.3 Å². The lowest BCUT2D eigenvalue weighted by molar-refractivity contribution is -0.658. The fourth-order valence-electron chi connectivity index (χ4n) is 6.64. The minimum absolute atomic E-state index is 0.0235. The van der Waals surface area contributed by atoms with Crippen LogP contribution in [0.15, 0.2) is 79.0 Å². The van der Waals surface area contributed by atoms with Crippen molar-refractivity contribution in [2.75, 3.05) is 9.62 Å². The van der Waals surface area contributed by atoms with Gasteiger partial charge in [-0.1, -0.05) is 83.1 Å². The zero-order chi connectivity index (χ0) is 27.5. The Bertz CT molecular complexity index is 1550. The Morgan fingerprint density at radius 2 is 1.51 bits per heavy atom. The van der Waals surface area contributed by atoms with E-state index in [2.05, 4.69) is 142 Å². The van der Waals surface area contributed by atoms with Crippen molar-refractivity contribution in [3.8, 4) is 0 Å². The summed E-state index contributed by atoms with van der Waals surface area (Å²) in [6, 6.07) is 27.7. The average molecular weight is 515 g/mol. The van der Waals surface area contributed by atoms with Gasteiger partial charge in [-0.15, -0.1) is 0 Å². The van der Waals surface area contributed by atoms with Crippen LogP contribution in [0.1, 0.15) is 74.8 Å². The number of para-hydroxylation sites is 2. The van der Waals surface area contributed by atoms with Crippen molar-refractivity contribution in [3.05, 3.63) is 107 Å². The SMILES string of the molecule is Cc1cccc2c1N(c1cc(C(C)(C)C)cc[n+]1C)B1c3c(cccc3C(C)C)CCCc3ccccc3N12. The second kappa shape index (κ2) is 9.59. The second-order valence-electron chi connectivity index (χ2n) is 12.7. The molecular weight excluding hydrogens is 473 g/mol. The molecule has 0 atom stereocenters. The van der Waals surface area contributed by atoms with Crippen LogP contribution in [0.4, 0.5) is 22.9 Å². The molecule has 3 heterocycles. The highest BCUT2D eigenvalue weighted by molar-refractivity contribution is 6.85. The summed E-state index contributed by atoms with van der Waals surface area (Å²) < 4.78 is 2.31. The molecule has 39 heavy (non-hydrogen) atoms. The number of benzene rings is 3. The number of pyridine rings is 1. The summed E-state index contributed by atoms with van der Waals surface area (Å²) in [5.74, 6) is 1.66. The zero-order valence-electron chi connectivity index (χ0n) is 24.6. The molecule has 3 nitrogen and oxygen atoms in total. The van der Waals surface area contributed by atoms with Gasteiger partial charge in [0, 0.05) is 17.2 Å². The van der Waals surface area contributed by atoms with Gasteiger partial charge in [-0.05, 0) is 83.5 Å². The van der Waals surface area contributed by atoms with E-state index >= 15 is 0 Å². The molecule has 0 amide bonds. The van der Waals surface area contributed by atoms with Gasteiger partial charge < -0.3 is 4.81 Å². The molecule has 2 aliphatic rings. The lowest BCUT2D eigenvalue weighted by atomic mass is 9.59. The Hall–Kier alpha value is -3.53. The monoisotopic (exact) mass is 514 g/mol. The summed E-state index contributed by atoms with van der Waals surface area (Å²) in [6.45, 7) is 13.9. The van der Waals surface area contributed by atoms with Crippen molar-refractivity contribution < 1.29 is 4.57 Å². The molecule has 0 saturated heterocycles. The third-order valence-electron chi connectivity index (χ3n) is 8.70. The van der Waals surface area contributed by atoms with E-state index in [0.29, 0.717) is 5.92 Å². The first-order chi connectivity index (χ1) is 18.7. The van der Waals surface area contributed by atoms with Crippen LogP contribution >= 0.6 is 0 Å². The summed E-state index contributed by atoms with van der Waals surface area (Å²) in [6.07, 6.45) is 5.57. The van der Waals surface area contributed by atoms with Gasteiger partial charge in [0.25, 0.3) is 5.82 Å². The molecule has 3 aromatic carbocycles. The smallest absolute Gasteiger partial charge is 0.336 e. The summed E-state index contributed by atoms with van der Waals surface area (Å²) in [7, 11) is 2.20. The highest BCUT2D eigenvalue weighted by atomic mass is 15.3. The van der Waals surface area contributed by atoms with Gasteiger partial charge in [-0.25, -0.2) is 4.57 Å². The number of anilines is 4. The fourth-order valence-corrected chi connectivity index (χ4v) is 6.64. The number of hydrogen-bond acceptors (Lipinski definition) is 2. The molecule has 2 aliphatic heterocycles. The van der Waals surface area contributed by atoms with Gasteiger partial charge in [0.2, 0.25) is 0 Å². The molecule has 0 bridgehead atoms. The van der Waals surface area contributed by atoms with Gasteiger partial charge in [0.05, 0.1) is 18.9 Å². The maximum absolute atomic E-state index is 2.65. The predicted octanol–water partition coefficient (Wildman–Crippen LogP) is 7.41. The molecule has 1 aromatic heterocycles. The topological polar surface area (TPSA) is 10.4 Å². The van der Waals surface area contributed by atoms with E-state index < -0.39 is 0 Å². The van der Waals surface area contributed by atoms with Crippen LogP contribution in [0, 0.1) is 6.92 Å². The van der Waals surface area contributed by atoms with Crippen molar-refractivity contribution in [2.45, 2.75) is 72.1 Å². The van der Waals surface area contributed by atoms with Crippen LogP contribution < -0.4 is 19.7 Å². The number of nitrogens with zero attached hydrogens (tertiary/aromatic N) is 3. The largest absolute Gasteiger partial charge is 0.543 e. The van der Waals surface area contributed by atoms with Crippen LogP contribution in [0.5, 0.6) is 0 Å². The molecular formula is C35H41BN3+. The summed E-state index contributed by atoms with van der Waals surface area (Å²) in [5.41, 5.74) is 12.5. The lowest BCUT2D eigenvalue weighted by Crippen LogP contribution is -2.58. The van der Waals surface area contributed by atoms with Crippen LogP contribution in [0.3, 0.4) is 0 Å². The predicted molar refractivity (Wildman–Crippen MR) is 166 cm³/mol. The molecule has 4 heteroatoms. The average Bonchev–Trinajstić information content (AvgIpc) is 3.26. The number of aromatic nitrogens is 1. The van der Waals surface area contributed by atoms with Crippen molar-refractivity contribution in [3.63, 3.8) is 0 Å². The molecule has 0 N–H and O–H groups in total. The van der Waals surface area contributed by atoms with Crippen LogP contribution in [-0.4, -0.2) is 6.98 Å². The quantitative estimate of drug-likeness (QED) is 0.204. The maximum Gasteiger partial charge on any atom is 0.543 e. The Labute approximate surface area is 235 Å². The van der Waals surface area contributed by atoms with Crippen molar-refractivity contribution in [1.82, 2.24) is 0 Å². The van der Waals surface area contributed by atoms with Gasteiger partial charge in [-0.3, -0.25) is 4.81 Å². The normalized spacial score (nSPS) is 14.8. The van der Waals surface area contributed by atoms with Gasteiger partial charge in [-0.2, -0.15) is 0 Å². The van der Waals surface area contributed by atoms with E-state index in [0.717, 1.165) is 19.3 Å². The molecule has 0 spiro atoms. The van der Waals surface area contributed by atoms with Crippen LogP contribution in [0.2, 0.25) is 0 Å². The van der Waals surface area contributed by atoms with Crippen LogP contribution in [0.25, 0.3) is 0 Å². The maximum atomic E-state index is 2.65. The lowest BCUT2D eigenvalue weighted by Gasteiger charge is -2.29. The van der Waals surface area contributed by atoms with Crippen molar-refractivity contribution in [2.24, 2.45) is 7.05 Å². The number of aryl methyl sites for hydroxylation is 4. The molecule has 0 unspecified atom stereocenters. The molecule has 0 saturated carbocycles. The highest BCUT2D eigenvalue weighted by Gasteiger charge is 2.54. The molecule has 4 aromatic rings. The Kier molecular flexibility index (Phi) is 6.33. The van der Waals surface area contributed by atoms with E-state index in [1.54, 1.807) is 0 Å². The Balaban J connectivity index is 1.74.